The van der Waals surface area contributed by atoms with Crippen molar-refractivity contribution in [3.8, 4) is 11.5 Å². The minimum atomic E-state index is -2.88. The number of carbonyl (C=O) groups is 1. The summed E-state index contributed by atoms with van der Waals surface area (Å²) in [5, 5.41) is 2.59. The predicted octanol–water partition coefficient (Wildman–Crippen LogP) is 3.30. The third kappa shape index (κ3) is 6.33. The summed E-state index contributed by atoms with van der Waals surface area (Å²) in [4.78, 5) is 11.6. The van der Waals surface area contributed by atoms with Gasteiger partial charge in [-0.05, 0) is 36.2 Å². The maximum absolute atomic E-state index is 13.0. The van der Waals surface area contributed by atoms with E-state index < -0.39 is 24.2 Å². The van der Waals surface area contributed by atoms with Gasteiger partial charge in [0.25, 0.3) is 5.91 Å². The Hall–Kier alpha value is -2.77. The normalized spacial score (nSPS) is 10.6. The number of hydrogen-bond acceptors (Lipinski definition) is 3. The molecular formula is C17H15F4NO3. The second-order valence-corrected chi connectivity index (χ2v) is 4.99. The maximum atomic E-state index is 13.0. The Balaban J connectivity index is 1.70. The van der Waals surface area contributed by atoms with Crippen LogP contribution in [0.5, 0.6) is 11.5 Å². The Morgan fingerprint density at radius 3 is 2.32 bits per heavy atom. The first-order valence-corrected chi connectivity index (χ1v) is 7.32. The molecule has 0 spiro atoms. The zero-order chi connectivity index (χ0) is 18.2. The maximum Gasteiger partial charge on any atom is 0.387 e. The number of halogens is 4. The van der Waals surface area contributed by atoms with Crippen LogP contribution >= 0.6 is 0 Å². The summed E-state index contributed by atoms with van der Waals surface area (Å²) < 4.78 is 59.1. The largest absolute Gasteiger partial charge is 0.484 e. The standard InChI is InChI=1S/C17H15F4NO3/c18-14-6-5-13(9-15(14)19)24-10-16(23)22-8-7-11-1-3-12(4-2-11)25-17(20)21/h1-6,9,17H,7-8,10H2,(H,22,23). The molecule has 25 heavy (non-hydrogen) atoms. The fourth-order valence-electron chi connectivity index (χ4n) is 1.95. The van der Waals surface area contributed by atoms with Crippen LogP contribution < -0.4 is 14.8 Å². The third-order valence-corrected chi connectivity index (χ3v) is 3.15. The van der Waals surface area contributed by atoms with Crippen molar-refractivity contribution in [2.75, 3.05) is 13.2 Å². The lowest BCUT2D eigenvalue weighted by Crippen LogP contribution is -2.30. The summed E-state index contributed by atoms with van der Waals surface area (Å²) in [6, 6.07) is 9.03. The molecule has 1 N–H and O–H groups in total. The lowest BCUT2D eigenvalue weighted by Gasteiger charge is -2.08. The number of hydrogen-bond donors (Lipinski definition) is 1. The van der Waals surface area contributed by atoms with E-state index in [2.05, 4.69) is 10.1 Å². The SMILES string of the molecule is O=C(COc1ccc(F)c(F)c1)NCCc1ccc(OC(F)F)cc1. The van der Waals surface area contributed by atoms with E-state index in [-0.39, 0.29) is 18.1 Å². The van der Waals surface area contributed by atoms with Gasteiger partial charge in [-0.15, -0.1) is 0 Å². The van der Waals surface area contributed by atoms with Gasteiger partial charge in [-0.2, -0.15) is 8.78 Å². The van der Waals surface area contributed by atoms with Crippen molar-refractivity contribution >= 4 is 5.91 Å². The smallest absolute Gasteiger partial charge is 0.387 e. The Bertz CT molecular complexity index is 708. The van der Waals surface area contributed by atoms with Crippen LogP contribution in [-0.4, -0.2) is 25.7 Å². The fourth-order valence-corrected chi connectivity index (χ4v) is 1.95. The molecule has 0 aliphatic rings. The molecule has 0 bridgehead atoms. The summed E-state index contributed by atoms with van der Waals surface area (Å²) in [7, 11) is 0. The van der Waals surface area contributed by atoms with Gasteiger partial charge in [-0.3, -0.25) is 4.79 Å². The molecule has 0 fully saturated rings. The number of benzene rings is 2. The first-order valence-electron chi connectivity index (χ1n) is 7.32. The molecule has 134 valence electrons. The highest BCUT2D eigenvalue weighted by molar-refractivity contribution is 5.77. The summed E-state index contributed by atoms with van der Waals surface area (Å²) in [5.41, 5.74) is 0.823. The van der Waals surface area contributed by atoms with E-state index in [1.165, 1.54) is 18.2 Å². The molecule has 0 aromatic heterocycles. The Morgan fingerprint density at radius 2 is 1.68 bits per heavy atom. The number of amides is 1. The van der Waals surface area contributed by atoms with E-state index in [1.54, 1.807) is 12.1 Å². The van der Waals surface area contributed by atoms with Gasteiger partial charge >= 0.3 is 6.61 Å². The molecule has 4 nitrogen and oxygen atoms in total. The Kier molecular flexibility index (Phi) is 6.62. The number of carbonyl (C=O) groups excluding carboxylic acids is 1. The molecule has 2 aromatic rings. The fraction of sp³-hybridized carbons (Fsp3) is 0.235. The van der Waals surface area contributed by atoms with Crippen LogP contribution in [-0.2, 0) is 11.2 Å². The number of nitrogens with one attached hydrogen (secondary N) is 1. The molecule has 2 rings (SSSR count). The van der Waals surface area contributed by atoms with E-state index in [4.69, 9.17) is 4.74 Å². The van der Waals surface area contributed by atoms with Gasteiger partial charge in [0.2, 0.25) is 0 Å². The van der Waals surface area contributed by atoms with Gasteiger partial charge in [-0.1, -0.05) is 12.1 Å². The molecule has 0 radical (unpaired) electrons. The Labute approximate surface area is 141 Å². The van der Waals surface area contributed by atoms with Gasteiger partial charge in [0.15, 0.2) is 18.2 Å². The van der Waals surface area contributed by atoms with Crippen molar-refractivity contribution in [1.82, 2.24) is 5.32 Å². The second-order valence-electron chi connectivity index (χ2n) is 4.99. The van der Waals surface area contributed by atoms with Crippen LogP contribution in [0.3, 0.4) is 0 Å². The zero-order valence-electron chi connectivity index (χ0n) is 13.0. The molecule has 8 heteroatoms. The molecule has 0 heterocycles. The van der Waals surface area contributed by atoms with Crippen LogP contribution in [0.25, 0.3) is 0 Å². The molecule has 0 saturated heterocycles. The third-order valence-electron chi connectivity index (χ3n) is 3.15. The van der Waals surface area contributed by atoms with Crippen molar-refractivity contribution in [3.63, 3.8) is 0 Å². The monoisotopic (exact) mass is 357 g/mol. The number of rotatable bonds is 8. The Morgan fingerprint density at radius 1 is 1.00 bits per heavy atom. The topological polar surface area (TPSA) is 47.6 Å². The summed E-state index contributed by atoms with van der Waals surface area (Å²) >= 11 is 0. The first kappa shape index (κ1) is 18.6. The van der Waals surface area contributed by atoms with Crippen LogP contribution in [0.2, 0.25) is 0 Å². The molecule has 0 aliphatic heterocycles. The van der Waals surface area contributed by atoms with Crippen LogP contribution in [0.4, 0.5) is 17.6 Å². The quantitative estimate of drug-likeness (QED) is 0.738. The summed E-state index contributed by atoms with van der Waals surface area (Å²) in [6.45, 7) is -2.92. The van der Waals surface area contributed by atoms with E-state index in [0.717, 1.165) is 17.7 Å². The van der Waals surface area contributed by atoms with Crippen LogP contribution in [0, 0.1) is 11.6 Å². The zero-order valence-corrected chi connectivity index (χ0v) is 13.0. The van der Waals surface area contributed by atoms with Crippen molar-refractivity contribution in [2.45, 2.75) is 13.0 Å². The molecular weight excluding hydrogens is 342 g/mol. The van der Waals surface area contributed by atoms with Gasteiger partial charge in [0, 0.05) is 12.6 Å². The molecule has 0 aliphatic carbocycles. The van der Waals surface area contributed by atoms with Gasteiger partial charge in [0.05, 0.1) is 0 Å². The van der Waals surface area contributed by atoms with Crippen molar-refractivity contribution < 1.29 is 31.8 Å². The summed E-state index contributed by atoms with van der Waals surface area (Å²) in [6.07, 6.45) is 0.478. The molecule has 1 amide bonds. The highest BCUT2D eigenvalue weighted by Gasteiger charge is 2.07. The average Bonchev–Trinajstić information content (AvgIpc) is 2.57. The molecule has 2 aromatic carbocycles. The van der Waals surface area contributed by atoms with Gasteiger partial charge < -0.3 is 14.8 Å². The highest BCUT2D eigenvalue weighted by Crippen LogP contribution is 2.16. The number of alkyl halides is 2. The highest BCUT2D eigenvalue weighted by atomic mass is 19.3. The van der Waals surface area contributed by atoms with Crippen molar-refractivity contribution in [3.05, 3.63) is 59.7 Å². The van der Waals surface area contributed by atoms with Crippen LogP contribution in [0.15, 0.2) is 42.5 Å². The molecule has 0 saturated carbocycles. The first-order chi connectivity index (χ1) is 11.9. The lowest BCUT2D eigenvalue weighted by atomic mass is 10.1. The summed E-state index contributed by atoms with van der Waals surface area (Å²) in [5.74, 6) is -2.38. The van der Waals surface area contributed by atoms with Gasteiger partial charge in [0.1, 0.15) is 11.5 Å². The van der Waals surface area contributed by atoms with Gasteiger partial charge in [-0.25, -0.2) is 8.78 Å². The predicted molar refractivity (Wildman–Crippen MR) is 81.6 cm³/mol. The number of ether oxygens (including phenoxy) is 2. The minimum absolute atomic E-state index is 0.0451. The van der Waals surface area contributed by atoms with E-state index >= 15 is 0 Å². The minimum Gasteiger partial charge on any atom is -0.484 e. The van der Waals surface area contributed by atoms with E-state index in [0.29, 0.717) is 13.0 Å². The molecule has 0 unspecified atom stereocenters. The van der Waals surface area contributed by atoms with Crippen molar-refractivity contribution in [2.24, 2.45) is 0 Å². The van der Waals surface area contributed by atoms with Crippen LogP contribution in [0.1, 0.15) is 5.56 Å². The second kappa shape index (κ2) is 8.91. The van der Waals surface area contributed by atoms with E-state index in [9.17, 15) is 22.4 Å². The average molecular weight is 357 g/mol. The lowest BCUT2D eigenvalue weighted by molar-refractivity contribution is -0.123. The van der Waals surface area contributed by atoms with E-state index in [1.807, 2.05) is 0 Å². The molecule has 0 atom stereocenters. The van der Waals surface area contributed by atoms with Crippen molar-refractivity contribution in [1.29, 1.82) is 0 Å².